The fourth-order valence-corrected chi connectivity index (χ4v) is 6.06. The first-order valence-corrected chi connectivity index (χ1v) is 14.8. The van der Waals surface area contributed by atoms with Crippen LogP contribution in [0.25, 0.3) is 0 Å². The van der Waals surface area contributed by atoms with E-state index in [0.717, 1.165) is 19.3 Å². The third-order valence-corrected chi connectivity index (χ3v) is 8.38. The minimum absolute atomic E-state index is 0.103. The normalized spacial score (nSPS) is 25.5. The second-order valence-corrected chi connectivity index (χ2v) is 11.7. The molecule has 1 spiro atoms. The van der Waals surface area contributed by atoms with Crippen molar-refractivity contribution in [3.63, 3.8) is 0 Å². The number of carbonyl (C=O) groups is 4. The Hall–Kier alpha value is -2.98. The fourth-order valence-electron chi connectivity index (χ4n) is 6.06. The van der Waals surface area contributed by atoms with Crippen molar-refractivity contribution in [3.05, 3.63) is 35.9 Å². The van der Waals surface area contributed by atoms with Crippen LogP contribution < -0.4 is 21.3 Å². The summed E-state index contributed by atoms with van der Waals surface area (Å²) in [7, 11) is 0. The summed E-state index contributed by atoms with van der Waals surface area (Å²) in [5.74, 6) is -0.520. The summed E-state index contributed by atoms with van der Waals surface area (Å²) in [5.41, 5.74) is -0.131. The van der Waals surface area contributed by atoms with Gasteiger partial charge in [0, 0.05) is 63.0 Å². The third kappa shape index (κ3) is 7.81. The largest absolute Gasteiger partial charge is 0.381 e. The highest BCUT2D eigenvalue weighted by atomic mass is 16.5. The van der Waals surface area contributed by atoms with Crippen LogP contribution in [-0.4, -0.2) is 85.5 Å². The fraction of sp³-hybridized carbons (Fsp3) is 0.667. The Morgan fingerprint density at radius 2 is 1.88 bits per heavy atom. The molecule has 4 N–H and O–H groups in total. The zero-order valence-corrected chi connectivity index (χ0v) is 23.9. The lowest BCUT2D eigenvalue weighted by Crippen LogP contribution is -2.58. The van der Waals surface area contributed by atoms with Crippen molar-refractivity contribution in [2.45, 2.75) is 89.4 Å². The van der Waals surface area contributed by atoms with Crippen LogP contribution in [0.4, 0.5) is 0 Å². The first-order chi connectivity index (χ1) is 19.3. The predicted molar refractivity (Wildman–Crippen MR) is 151 cm³/mol. The average molecular weight is 556 g/mol. The highest BCUT2D eigenvalue weighted by Gasteiger charge is 2.44. The summed E-state index contributed by atoms with van der Waals surface area (Å²) >= 11 is 0. The third-order valence-electron chi connectivity index (χ3n) is 8.38. The molecule has 4 amide bonds. The summed E-state index contributed by atoms with van der Waals surface area (Å²) in [6, 6.07) is 8.63. The van der Waals surface area contributed by atoms with Gasteiger partial charge in [0.2, 0.25) is 17.7 Å². The van der Waals surface area contributed by atoms with Crippen LogP contribution in [0.2, 0.25) is 0 Å². The Balaban J connectivity index is 1.43. The lowest BCUT2D eigenvalue weighted by Gasteiger charge is -2.40. The topological polar surface area (TPSA) is 129 Å². The minimum atomic E-state index is -0.752. The van der Waals surface area contributed by atoms with Gasteiger partial charge >= 0.3 is 0 Å². The quantitative estimate of drug-likeness (QED) is 0.362. The number of carbonyl (C=O) groups excluding carboxylic acids is 4. The minimum Gasteiger partial charge on any atom is -0.381 e. The van der Waals surface area contributed by atoms with Gasteiger partial charge in [-0.1, -0.05) is 32.0 Å². The molecule has 0 bridgehead atoms. The molecule has 0 radical (unpaired) electrons. The molecule has 3 fully saturated rings. The van der Waals surface area contributed by atoms with E-state index >= 15 is 0 Å². The van der Waals surface area contributed by atoms with Gasteiger partial charge in [0.25, 0.3) is 5.91 Å². The molecule has 1 aromatic rings. The van der Waals surface area contributed by atoms with Gasteiger partial charge in [-0.05, 0) is 57.1 Å². The molecule has 3 aliphatic heterocycles. The van der Waals surface area contributed by atoms with E-state index in [1.807, 2.05) is 18.2 Å². The number of benzene rings is 1. The zero-order chi connectivity index (χ0) is 28.5. The Kier molecular flexibility index (Phi) is 10.6. The predicted octanol–water partition coefficient (Wildman–Crippen LogP) is 1.75. The van der Waals surface area contributed by atoms with Gasteiger partial charge in [-0.3, -0.25) is 19.2 Å². The molecule has 10 nitrogen and oxygen atoms in total. The molecule has 3 atom stereocenters. The summed E-state index contributed by atoms with van der Waals surface area (Å²) in [6.07, 6.45) is 4.63. The molecule has 40 heavy (non-hydrogen) atoms. The molecule has 3 saturated heterocycles. The van der Waals surface area contributed by atoms with Gasteiger partial charge in [-0.25, -0.2) is 0 Å². The van der Waals surface area contributed by atoms with Gasteiger partial charge in [-0.2, -0.15) is 0 Å². The van der Waals surface area contributed by atoms with Crippen LogP contribution in [0.3, 0.4) is 0 Å². The van der Waals surface area contributed by atoms with E-state index in [1.165, 1.54) is 0 Å². The van der Waals surface area contributed by atoms with E-state index in [-0.39, 0.29) is 54.7 Å². The highest BCUT2D eigenvalue weighted by molar-refractivity contribution is 5.94. The molecule has 10 heteroatoms. The van der Waals surface area contributed by atoms with E-state index in [0.29, 0.717) is 57.6 Å². The Labute approximate surface area is 237 Å². The summed E-state index contributed by atoms with van der Waals surface area (Å²) in [4.78, 5) is 54.7. The van der Waals surface area contributed by atoms with Gasteiger partial charge < -0.3 is 30.9 Å². The van der Waals surface area contributed by atoms with E-state index in [2.05, 4.69) is 35.1 Å². The molecule has 4 rings (SSSR count). The number of hydrogen-bond acceptors (Lipinski definition) is 6. The lowest BCUT2D eigenvalue weighted by molar-refractivity contribution is -0.143. The maximum absolute atomic E-state index is 13.7. The van der Waals surface area contributed by atoms with Crippen LogP contribution in [0.1, 0.15) is 75.6 Å². The second-order valence-electron chi connectivity index (χ2n) is 11.7. The van der Waals surface area contributed by atoms with Crippen LogP contribution in [0, 0.1) is 5.41 Å². The summed E-state index contributed by atoms with van der Waals surface area (Å²) < 4.78 is 5.55. The van der Waals surface area contributed by atoms with Crippen molar-refractivity contribution in [3.8, 4) is 0 Å². The first kappa shape index (κ1) is 30.0. The lowest BCUT2D eigenvalue weighted by atomic mass is 9.78. The van der Waals surface area contributed by atoms with Crippen molar-refractivity contribution in [1.82, 2.24) is 26.2 Å². The van der Waals surface area contributed by atoms with Crippen LogP contribution in [0.5, 0.6) is 0 Å². The Morgan fingerprint density at radius 3 is 2.60 bits per heavy atom. The summed E-state index contributed by atoms with van der Waals surface area (Å²) in [5, 5.41) is 12.7. The maximum Gasteiger partial charge on any atom is 0.251 e. The highest BCUT2D eigenvalue weighted by Crippen LogP contribution is 2.32. The first-order valence-electron chi connectivity index (χ1n) is 14.8. The number of hydrogen-bond donors (Lipinski definition) is 4. The zero-order valence-electron chi connectivity index (χ0n) is 23.9. The van der Waals surface area contributed by atoms with E-state index in [1.54, 1.807) is 17.0 Å². The van der Waals surface area contributed by atoms with E-state index in [4.69, 9.17) is 4.74 Å². The number of fused-ring (bicyclic) bond motifs is 1. The molecule has 220 valence electrons. The second kappa shape index (κ2) is 14.1. The molecule has 3 aliphatic rings. The number of nitrogens with one attached hydrogen (secondary N) is 4. The van der Waals surface area contributed by atoms with Gasteiger partial charge in [0.15, 0.2) is 0 Å². The van der Waals surface area contributed by atoms with Gasteiger partial charge in [0.1, 0.15) is 6.04 Å². The average Bonchev–Trinajstić information content (AvgIpc) is 2.96. The number of unbranched alkanes of at least 4 members (excludes halogenated alkanes) is 1. The van der Waals surface area contributed by atoms with Crippen molar-refractivity contribution < 1.29 is 23.9 Å². The number of ether oxygens (including phenoxy) is 1. The monoisotopic (exact) mass is 555 g/mol. The molecule has 0 aliphatic carbocycles. The number of rotatable bonds is 8. The van der Waals surface area contributed by atoms with Crippen LogP contribution >= 0.6 is 0 Å². The molecule has 3 heterocycles. The molecule has 0 saturated carbocycles. The number of nitrogens with zero attached hydrogens (tertiary/aromatic N) is 1. The van der Waals surface area contributed by atoms with Gasteiger partial charge in [0.05, 0.1) is 5.41 Å². The van der Waals surface area contributed by atoms with E-state index < -0.39 is 11.5 Å². The summed E-state index contributed by atoms with van der Waals surface area (Å²) in [6.45, 7) is 6.35. The smallest absolute Gasteiger partial charge is 0.251 e. The van der Waals surface area contributed by atoms with Crippen LogP contribution in [-0.2, 0) is 19.1 Å². The van der Waals surface area contributed by atoms with Crippen molar-refractivity contribution >= 4 is 23.6 Å². The molecule has 1 aromatic carbocycles. The van der Waals surface area contributed by atoms with Crippen molar-refractivity contribution in [2.24, 2.45) is 5.41 Å². The number of piperidine rings is 1. The van der Waals surface area contributed by atoms with Crippen molar-refractivity contribution in [2.75, 3.05) is 32.8 Å². The SMILES string of the molecule is CC(C)N[C@@H]1CCN2C(=O)C[C@H](CCCCNC(=O)c3ccccc3)NC(=O)C3(CCOCC3)CNC(=O)[C@@H]2C1. The number of amides is 4. The van der Waals surface area contributed by atoms with Crippen molar-refractivity contribution in [1.29, 1.82) is 0 Å². The molecule has 0 unspecified atom stereocenters. The Morgan fingerprint density at radius 1 is 1.12 bits per heavy atom. The standard InChI is InChI=1S/C30H45N5O5/c1-21(2)33-24-11-15-35-25(18-24)28(38)32-20-30(12-16-40-17-13-30)29(39)34-23(19-26(35)36)10-6-7-14-31-27(37)22-8-4-3-5-9-22/h3-5,8-9,21,23-25,33H,6-7,10-20H2,1-2H3,(H,31,37)(H,32,38)(H,34,39)/t23-,24+,25-/m0/s1. The molecule has 0 aromatic heterocycles. The van der Waals surface area contributed by atoms with Crippen LogP contribution in [0.15, 0.2) is 30.3 Å². The molecular formula is C30H45N5O5. The van der Waals surface area contributed by atoms with Gasteiger partial charge in [-0.15, -0.1) is 0 Å². The molecular weight excluding hydrogens is 510 g/mol. The maximum atomic E-state index is 13.7. The van der Waals surface area contributed by atoms with E-state index in [9.17, 15) is 19.2 Å². The Bertz CT molecular complexity index is 1030.